The number of carbonyl (C=O) groups excluding carboxylic acids is 2. The summed E-state index contributed by atoms with van der Waals surface area (Å²) in [4.78, 5) is 21.4. The number of ether oxygens (including phenoxy) is 2. The van der Waals surface area contributed by atoms with Gasteiger partial charge in [0.15, 0.2) is 5.57 Å². The number of primary amides is 1. The van der Waals surface area contributed by atoms with Crippen molar-refractivity contribution in [2.45, 2.75) is 6.92 Å². The van der Waals surface area contributed by atoms with Crippen LogP contribution in [0.1, 0.15) is 6.92 Å². The summed E-state index contributed by atoms with van der Waals surface area (Å²) in [7, 11) is 1.16. The van der Waals surface area contributed by atoms with Crippen molar-refractivity contribution in [3.05, 3.63) is 11.8 Å². The molecular formula is C7H11NO4. The summed E-state index contributed by atoms with van der Waals surface area (Å²) in [6, 6.07) is 0. The van der Waals surface area contributed by atoms with Crippen molar-refractivity contribution in [1.29, 1.82) is 0 Å². The highest BCUT2D eigenvalue weighted by Crippen LogP contribution is 1.96. The molecule has 5 nitrogen and oxygen atoms in total. The Bertz CT molecular complexity index is 209. The van der Waals surface area contributed by atoms with Gasteiger partial charge >= 0.3 is 5.97 Å². The minimum absolute atomic E-state index is 0.292. The minimum atomic E-state index is -0.865. The summed E-state index contributed by atoms with van der Waals surface area (Å²) in [5.41, 5.74) is 4.57. The Morgan fingerprint density at radius 3 is 2.42 bits per heavy atom. The van der Waals surface area contributed by atoms with Crippen LogP contribution in [0.3, 0.4) is 0 Å². The molecule has 0 aliphatic heterocycles. The second-order valence-electron chi connectivity index (χ2n) is 1.84. The molecule has 1 amide bonds. The van der Waals surface area contributed by atoms with Gasteiger partial charge in [0.1, 0.15) is 6.26 Å². The van der Waals surface area contributed by atoms with E-state index in [1.807, 2.05) is 0 Å². The predicted octanol–water partition coefficient (Wildman–Crippen LogP) is -0.435. The van der Waals surface area contributed by atoms with Gasteiger partial charge in [-0.3, -0.25) is 4.79 Å². The lowest BCUT2D eigenvalue weighted by Crippen LogP contribution is -2.22. The number of amides is 1. The number of rotatable bonds is 4. The summed E-state index contributed by atoms with van der Waals surface area (Å²) in [5.74, 6) is -1.66. The molecule has 68 valence electrons. The number of carbonyl (C=O) groups is 2. The summed E-state index contributed by atoms with van der Waals surface area (Å²) in [5, 5.41) is 0. The van der Waals surface area contributed by atoms with E-state index in [-0.39, 0.29) is 5.57 Å². The van der Waals surface area contributed by atoms with Gasteiger partial charge in [-0.2, -0.15) is 0 Å². The van der Waals surface area contributed by atoms with Crippen LogP contribution >= 0.6 is 0 Å². The third-order valence-electron chi connectivity index (χ3n) is 1.04. The van der Waals surface area contributed by atoms with Gasteiger partial charge in [0.25, 0.3) is 5.91 Å². The van der Waals surface area contributed by atoms with E-state index in [4.69, 9.17) is 10.5 Å². The second kappa shape index (κ2) is 5.17. The Morgan fingerprint density at radius 2 is 2.08 bits per heavy atom. The van der Waals surface area contributed by atoms with E-state index in [1.54, 1.807) is 6.92 Å². The monoisotopic (exact) mass is 173 g/mol. The Hall–Kier alpha value is -1.52. The van der Waals surface area contributed by atoms with Crippen LogP contribution in [0.2, 0.25) is 0 Å². The van der Waals surface area contributed by atoms with E-state index in [1.165, 1.54) is 0 Å². The quantitative estimate of drug-likeness (QED) is 0.205. The molecule has 0 aromatic rings. The fraction of sp³-hybridized carbons (Fsp3) is 0.429. The smallest absolute Gasteiger partial charge is 0.346 e. The summed E-state index contributed by atoms with van der Waals surface area (Å²) in [6.07, 6.45) is 0.994. The third-order valence-corrected chi connectivity index (χ3v) is 1.04. The highest BCUT2D eigenvalue weighted by Gasteiger charge is 2.15. The molecule has 2 N–H and O–H groups in total. The van der Waals surface area contributed by atoms with E-state index in [0.717, 1.165) is 13.4 Å². The standard InChI is InChI=1S/C7H11NO4/c1-3-12-4-5(6(8)9)7(10)11-2/h4H,3H2,1-2H3,(H2,8,9)/b5-4-. The second-order valence-corrected chi connectivity index (χ2v) is 1.84. The fourth-order valence-electron chi connectivity index (χ4n) is 0.483. The number of hydrogen-bond acceptors (Lipinski definition) is 4. The molecule has 0 aromatic heterocycles. The largest absolute Gasteiger partial charge is 0.500 e. The molecule has 0 saturated heterocycles. The van der Waals surface area contributed by atoms with E-state index in [9.17, 15) is 9.59 Å². The van der Waals surface area contributed by atoms with Gasteiger partial charge < -0.3 is 15.2 Å². The molecule has 12 heavy (non-hydrogen) atoms. The third kappa shape index (κ3) is 3.05. The lowest BCUT2D eigenvalue weighted by atomic mass is 10.3. The van der Waals surface area contributed by atoms with Crippen LogP contribution in [0, 0.1) is 0 Å². The molecule has 5 heteroatoms. The molecule has 0 saturated carbocycles. The van der Waals surface area contributed by atoms with Crippen LogP contribution in [-0.2, 0) is 19.1 Å². The first kappa shape index (κ1) is 10.5. The van der Waals surface area contributed by atoms with Crippen molar-refractivity contribution in [2.75, 3.05) is 13.7 Å². The molecule has 0 rings (SSSR count). The average molecular weight is 173 g/mol. The maximum atomic E-state index is 10.8. The van der Waals surface area contributed by atoms with Crippen molar-refractivity contribution in [2.24, 2.45) is 5.73 Å². The fourth-order valence-corrected chi connectivity index (χ4v) is 0.483. The van der Waals surface area contributed by atoms with Crippen molar-refractivity contribution in [3.8, 4) is 0 Å². The highest BCUT2D eigenvalue weighted by atomic mass is 16.5. The molecule has 0 unspecified atom stereocenters. The van der Waals surface area contributed by atoms with Crippen LogP contribution in [0.25, 0.3) is 0 Å². The molecule has 0 heterocycles. The van der Waals surface area contributed by atoms with Crippen LogP contribution in [0.5, 0.6) is 0 Å². The maximum absolute atomic E-state index is 10.8. The van der Waals surface area contributed by atoms with Crippen molar-refractivity contribution >= 4 is 11.9 Å². The number of nitrogens with two attached hydrogens (primary N) is 1. The lowest BCUT2D eigenvalue weighted by Gasteiger charge is -2.00. The average Bonchev–Trinajstić information content (AvgIpc) is 2.04. The van der Waals surface area contributed by atoms with Crippen LogP contribution in [0.15, 0.2) is 11.8 Å². The van der Waals surface area contributed by atoms with Gasteiger partial charge in [-0.25, -0.2) is 4.79 Å². The van der Waals surface area contributed by atoms with Crippen molar-refractivity contribution in [3.63, 3.8) is 0 Å². The Balaban J connectivity index is 4.43. The molecular weight excluding hydrogens is 162 g/mol. The Kier molecular flexibility index (Phi) is 4.52. The maximum Gasteiger partial charge on any atom is 0.346 e. The molecule has 0 fully saturated rings. The Labute approximate surface area is 70.1 Å². The van der Waals surface area contributed by atoms with Gasteiger partial charge in [0, 0.05) is 0 Å². The number of methoxy groups -OCH3 is 1. The van der Waals surface area contributed by atoms with Gasteiger partial charge in [0.05, 0.1) is 13.7 Å². The van der Waals surface area contributed by atoms with E-state index in [0.29, 0.717) is 6.61 Å². The predicted molar refractivity (Wildman–Crippen MR) is 40.9 cm³/mol. The SMILES string of the molecule is CCO/C=C(/C(N)=O)C(=O)OC. The van der Waals surface area contributed by atoms with Gasteiger partial charge in [-0.15, -0.1) is 0 Å². The van der Waals surface area contributed by atoms with Gasteiger partial charge in [0.2, 0.25) is 0 Å². The molecule has 0 radical (unpaired) electrons. The highest BCUT2D eigenvalue weighted by molar-refractivity contribution is 6.15. The molecule has 0 aromatic carbocycles. The van der Waals surface area contributed by atoms with Crippen LogP contribution in [-0.4, -0.2) is 25.6 Å². The molecule has 0 atom stereocenters. The van der Waals surface area contributed by atoms with Crippen molar-refractivity contribution < 1.29 is 19.1 Å². The molecule has 0 aliphatic carbocycles. The lowest BCUT2D eigenvalue weighted by molar-refractivity contribution is -0.137. The zero-order chi connectivity index (χ0) is 9.56. The normalized spacial score (nSPS) is 10.7. The van der Waals surface area contributed by atoms with Gasteiger partial charge in [-0.05, 0) is 6.92 Å². The first-order chi connectivity index (χ1) is 5.63. The van der Waals surface area contributed by atoms with E-state index >= 15 is 0 Å². The van der Waals surface area contributed by atoms with Gasteiger partial charge in [-0.1, -0.05) is 0 Å². The number of esters is 1. The first-order valence-electron chi connectivity index (χ1n) is 3.33. The topological polar surface area (TPSA) is 78.6 Å². The van der Waals surface area contributed by atoms with Crippen LogP contribution < -0.4 is 5.73 Å². The zero-order valence-electron chi connectivity index (χ0n) is 6.99. The van der Waals surface area contributed by atoms with E-state index < -0.39 is 11.9 Å². The minimum Gasteiger partial charge on any atom is -0.500 e. The molecule has 0 aliphatic rings. The Morgan fingerprint density at radius 1 is 1.50 bits per heavy atom. The summed E-state index contributed by atoms with van der Waals surface area (Å²) < 4.78 is 9.00. The van der Waals surface area contributed by atoms with Crippen molar-refractivity contribution in [1.82, 2.24) is 0 Å². The van der Waals surface area contributed by atoms with Crippen LogP contribution in [0.4, 0.5) is 0 Å². The zero-order valence-corrected chi connectivity index (χ0v) is 6.99. The summed E-state index contributed by atoms with van der Waals surface area (Å²) in [6.45, 7) is 2.07. The molecule has 0 bridgehead atoms. The molecule has 0 spiro atoms. The van der Waals surface area contributed by atoms with E-state index in [2.05, 4.69) is 4.74 Å². The number of hydrogen-bond donors (Lipinski definition) is 1. The first-order valence-corrected chi connectivity index (χ1v) is 3.33. The summed E-state index contributed by atoms with van der Waals surface area (Å²) >= 11 is 0.